The number of carbonyl (C=O) groups is 1. The first kappa shape index (κ1) is 13.4. The molecule has 0 saturated heterocycles. The summed E-state index contributed by atoms with van der Waals surface area (Å²) >= 11 is 0. The molecule has 0 aliphatic carbocycles. The van der Waals surface area contributed by atoms with Gasteiger partial charge in [0.2, 0.25) is 5.91 Å². The Kier molecular flexibility index (Phi) is 4.45. The van der Waals surface area contributed by atoms with E-state index in [9.17, 15) is 9.18 Å². The largest absolute Gasteiger partial charge is 0.399 e. The van der Waals surface area contributed by atoms with E-state index in [2.05, 4.69) is 5.32 Å². The maximum Gasteiger partial charge on any atom is 0.238 e. The zero-order chi connectivity index (χ0) is 13.0. The maximum atomic E-state index is 13.3. The third-order valence-electron chi connectivity index (χ3n) is 2.54. The molecule has 0 unspecified atom stereocenters. The molecule has 1 aromatic rings. The van der Waals surface area contributed by atoms with Crippen LogP contribution in [0.5, 0.6) is 0 Å². The summed E-state index contributed by atoms with van der Waals surface area (Å²) in [5, 5.41) is 2.50. The van der Waals surface area contributed by atoms with Crippen LogP contribution < -0.4 is 11.1 Å². The highest BCUT2D eigenvalue weighted by atomic mass is 19.1. The van der Waals surface area contributed by atoms with Crippen LogP contribution in [0.2, 0.25) is 0 Å². The molecule has 0 atom stereocenters. The maximum absolute atomic E-state index is 13.3. The molecule has 0 aromatic heterocycles. The van der Waals surface area contributed by atoms with Crippen LogP contribution in [0.25, 0.3) is 0 Å². The minimum Gasteiger partial charge on any atom is -0.399 e. The minimum atomic E-state index is -0.486. The molecule has 17 heavy (non-hydrogen) atoms. The molecule has 1 aromatic carbocycles. The zero-order valence-electron chi connectivity index (χ0n) is 10.3. The fourth-order valence-corrected chi connectivity index (χ4v) is 1.24. The van der Waals surface area contributed by atoms with Crippen LogP contribution in [0.4, 0.5) is 15.8 Å². The number of hydrogen-bond acceptors (Lipinski definition) is 3. The van der Waals surface area contributed by atoms with Gasteiger partial charge in [-0.3, -0.25) is 9.69 Å². The van der Waals surface area contributed by atoms with Crippen LogP contribution in [0.15, 0.2) is 18.2 Å². The number of benzene rings is 1. The van der Waals surface area contributed by atoms with Crippen LogP contribution >= 0.6 is 0 Å². The molecule has 0 aliphatic heterocycles. The van der Waals surface area contributed by atoms with Gasteiger partial charge in [0.05, 0.1) is 12.2 Å². The molecule has 0 fully saturated rings. The standard InChI is InChI=1S/C12H18FN3O/c1-8(2)16(3)7-12(17)15-11-6-9(14)4-5-10(11)13/h4-6,8H,7,14H2,1-3H3,(H,15,17). The lowest BCUT2D eigenvalue weighted by molar-refractivity contribution is -0.117. The van der Waals surface area contributed by atoms with E-state index in [-0.39, 0.29) is 24.2 Å². The third kappa shape index (κ3) is 4.03. The predicted molar refractivity (Wildman–Crippen MR) is 67.2 cm³/mol. The Bertz CT molecular complexity index is 407. The molecule has 5 heteroatoms. The highest BCUT2D eigenvalue weighted by Gasteiger charge is 2.11. The van der Waals surface area contributed by atoms with Crippen molar-refractivity contribution in [1.82, 2.24) is 4.90 Å². The fraction of sp³-hybridized carbons (Fsp3) is 0.417. The third-order valence-corrected chi connectivity index (χ3v) is 2.54. The normalized spacial score (nSPS) is 10.9. The first-order valence-electron chi connectivity index (χ1n) is 5.45. The lowest BCUT2D eigenvalue weighted by Crippen LogP contribution is -2.34. The van der Waals surface area contributed by atoms with Crippen molar-refractivity contribution in [2.75, 3.05) is 24.6 Å². The Morgan fingerprint density at radius 1 is 1.53 bits per heavy atom. The molecule has 0 spiro atoms. The zero-order valence-corrected chi connectivity index (χ0v) is 10.3. The fourth-order valence-electron chi connectivity index (χ4n) is 1.24. The van der Waals surface area contributed by atoms with Crippen molar-refractivity contribution in [3.8, 4) is 0 Å². The number of carbonyl (C=O) groups excluding carboxylic acids is 1. The van der Waals surface area contributed by atoms with Gasteiger partial charge in [-0.1, -0.05) is 0 Å². The summed E-state index contributed by atoms with van der Waals surface area (Å²) in [6.45, 7) is 4.18. The molecular formula is C12H18FN3O. The number of anilines is 2. The van der Waals surface area contributed by atoms with E-state index in [4.69, 9.17) is 5.73 Å². The molecule has 1 rings (SSSR count). The van der Waals surface area contributed by atoms with Crippen molar-refractivity contribution >= 4 is 17.3 Å². The molecular weight excluding hydrogens is 221 g/mol. The number of nitrogens with zero attached hydrogens (tertiary/aromatic N) is 1. The van der Waals surface area contributed by atoms with Crippen molar-refractivity contribution in [2.45, 2.75) is 19.9 Å². The van der Waals surface area contributed by atoms with Gasteiger partial charge in [0.15, 0.2) is 0 Å². The van der Waals surface area contributed by atoms with Crippen LogP contribution in [0, 0.1) is 5.82 Å². The van der Waals surface area contributed by atoms with E-state index in [1.807, 2.05) is 25.8 Å². The highest BCUT2D eigenvalue weighted by molar-refractivity contribution is 5.92. The van der Waals surface area contributed by atoms with Crippen molar-refractivity contribution in [3.05, 3.63) is 24.0 Å². The molecule has 0 bridgehead atoms. The highest BCUT2D eigenvalue weighted by Crippen LogP contribution is 2.17. The van der Waals surface area contributed by atoms with Gasteiger partial charge in [0, 0.05) is 11.7 Å². The Morgan fingerprint density at radius 3 is 2.76 bits per heavy atom. The summed E-state index contributed by atoms with van der Waals surface area (Å²) in [6, 6.07) is 4.34. The Morgan fingerprint density at radius 2 is 2.18 bits per heavy atom. The Hall–Kier alpha value is -1.62. The number of likely N-dealkylation sites (N-methyl/N-ethyl adjacent to an activating group) is 1. The number of rotatable bonds is 4. The van der Waals surface area contributed by atoms with Gasteiger partial charge in [-0.25, -0.2) is 4.39 Å². The first-order chi connectivity index (χ1) is 7.90. The van der Waals surface area contributed by atoms with Gasteiger partial charge in [0.25, 0.3) is 0 Å². The molecule has 94 valence electrons. The second kappa shape index (κ2) is 5.63. The number of nitrogens with two attached hydrogens (primary N) is 1. The molecule has 1 amide bonds. The summed E-state index contributed by atoms with van der Waals surface area (Å²) < 4.78 is 13.3. The molecule has 3 N–H and O–H groups in total. The average molecular weight is 239 g/mol. The number of nitrogen functional groups attached to an aromatic ring is 1. The minimum absolute atomic E-state index is 0.118. The van der Waals surface area contributed by atoms with Crippen LogP contribution in [0.3, 0.4) is 0 Å². The summed E-state index contributed by atoms with van der Waals surface area (Å²) in [6.07, 6.45) is 0. The average Bonchev–Trinajstić information content (AvgIpc) is 2.23. The predicted octanol–water partition coefficient (Wildman–Crippen LogP) is 1.69. The van der Waals surface area contributed by atoms with Crippen LogP contribution in [-0.2, 0) is 4.79 Å². The monoisotopic (exact) mass is 239 g/mol. The van der Waals surface area contributed by atoms with Crippen LogP contribution in [0.1, 0.15) is 13.8 Å². The molecule has 0 aliphatic rings. The van der Waals surface area contributed by atoms with Gasteiger partial charge in [0.1, 0.15) is 5.82 Å². The molecule has 0 saturated carbocycles. The SMILES string of the molecule is CC(C)N(C)CC(=O)Nc1cc(N)ccc1F. The van der Waals surface area contributed by atoms with E-state index in [0.717, 1.165) is 0 Å². The van der Waals surface area contributed by atoms with Gasteiger partial charge in [-0.05, 0) is 39.1 Å². The topological polar surface area (TPSA) is 58.4 Å². The lowest BCUT2D eigenvalue weighted by atomic mass is 10.2. The van der Waals surface area contributed by atoms with Crippen molar-refractivity contribution in [3.63, 3.8) is 0 Å². The quantitative estimate of drug-likeness (QED) is 0.786. The molecule has 0 heterocycles. The first-order valence-corrected chi connectivity index (χ1v) is 5.45. The van der Waals surface area contributed by atoms with Crippen LogP contribution in [-0.4, -0.2) is 30.4 Å². The number of hydrogen-bond donors (Lipinski definition) is 2. The van der Waals surface area contributed by atoms with Gasteiger partial charge in [-0.15, -0.1) is 0 Å². The number of nitrogens with one attached hydrogen (secondary N) is 1. The van der Waals surface area contributed by atoms with Gasteiger partial charge >= 0.3 is 0 Å². The van der Waals surface area contributed by atoms with E-state index >= 15 is 0 Å². The Balaban J connectivity index is 2.65. The summed E-state index contributed by atoms with van der Waals surface area (Å²) in [7, 11) is 1.83. The van der Waals surface area contributed by atoms with E-state index in [1.165, 1.54) is 18.2 Å². The summed E-state index contributed by atoms with van der Waals surface area (Å²) in [5.41, 5.74) is 6.06. The second-order valence-electron chi connectivity index (χ2n) is 4.30. The summed E-state index contributed by atoms with van der Waals surface area (Å²) in [4.78, 5) is 13.5. The number of halogens is 1. The van der Waals surface area contributed by atoms with Crippen molar-refractivity contribution in [1.29, 1.82) is 0 Å². The smallest absolute Gasteiger partial charge is 0.238 e. The Labute approximate surface area is 101 Å². The van der Waals surface area contributed by atoms with E-state index in [0.29, 0.717) is 5.69 Å². The molecule has 4 nitrogen and oxygen atoms in total. The lowest BCUT2D eigenvalue weighted by Gasteiger charge is -2.20. The second-order valence-corrected chi connectivity index (χ2v) is 4.30. The molecule has 0 radical (unpaired) electrons. The van der Waals surface area contributed by atoms with Gasteiger partial charge < -0.3 is 11.1 Å². The number of amides is 1. The van der Waals surface area contributed by atoms with E-state index in [1.54, 1.807) is 0 Å². The summed E-state index contributed by atoms with van der Waals surface area (Å²) in [5.74, 6) is -0.745. The van der Waals surface area contributed by atoms with E-state index < -0.39 is 5.82 Å². The van der Waals surface area contributed by atoms with Crippen molar-refractivity contribution in [2.24, 2.45) is 0 Å². The van der Waals surface area contributed by atoms with Crippen molar-refractivity contribution < 1.29 is 9.18 Å². The van der Waals surface area contributed by atoms with Gasteiger partial charge in [-0.2, -0.15) is 0 Å².